The molecule has 1 unspecified atom stereocenters. The van der Waals surface area contributed by atoms with Crippen molar-refractivity contribution < 1.29 is 9.84 Å². The van der Waals surface area contributed by atoms with E-state index in [1.54, 1.807) is 13.2 Å². The lowest BCUT2D eigenvalue weighted by molar-refractivity contribution is 0.226. The first-order chi connectivity index (χ1) is 7.70. The summed E-state index contributed by atoms with van der Waals surface area (Å²) in [7, 11) is 1.64. The van der Waals surface area contributed by atoms with Gasteiger partial charge < -0.3 is 14.7 Å². The first kappa shape index (κ1) is 10.8. The zero-order valence-electron chi connectivity index (χ0n) is 9.42. The molecular formula is C13H15NO2. The molecular weight excluding hydrogens is 202 g/mol. The fourth-order valence-electron chi connectivity index (χ4n) is 1.65. The molecule has 3 heteroatoms. The van der Waals surface area contributed by atoms with E-state index in [9.17, 15) is 5.11 Å². The maximum Gasteiger partial charge on any atom is 0.150 e. The number of rotatable bonds is 2. The van der Waals surface area contributed by atoms with Crippen molar-refractivity contribution in [1.82, 2.24) is 0 Å². The van der Waals surface area contributed by atoms with Gasteiger partial charge in [0.05, 0.1) is 7.11 Å². The highest BCUT2D eigenvalue weighted by Gasteiger charge is 2.14. The SMILES string of the molecule is COc1ccc(N2C=C(C)C=CC2O)cc1. The summed E-state index contributed by atoms with van der Waals surface area (Å²) < 4.78 is 5.09. The average Bonchev–Trinajstić information content (AvgIpc) is 2.32. The van der Waals surface area contributed by atoms with Gasteiger partial charge in [0.2, 0.25) is 0 Å². The number of benzene rings is 1. The molecule has 0 saturated carbocycles. The molecule has 0 fully saturated rings. The zero-order valence-corrected chi connectivity index (χ0v) is 9.42. The minimum Gasteiger partial charge on any atom is -0.497 e. The number of hydrogen-bond acceptors (Lipinski definition) is 3. The Kier molecular flexibility index (Phi) is 2.97. The number of hydrogen-bond donors (Lipinski definition) is 1. The van der Waals surface area contributed by atoms with Gasteiger partial charge in [-0.1, -0.05) is 6.08 Å². The highest BCUT2D eigenvalue weighted by molar-refractivity contribution is 5.55. The van der Waals surface area contributed by atoms with Crippen LogP contribution in [0.2, 0.25) is 0 Å². The van der Waals surface area contributed by atoms with E-state index in [1.807, 2.05) is 48.4 Å². The zero-order chi connectivity index (χ0) is 11.5. The van der Waals surface area contributed by atoms with Crippen LogP contribution in [0.3, 0.4) is 0 Å². The van der Waals surface area contributed by atoms with Crippen LogP contribution in [-0.4, -0.2) is 18.4 Å². The van der Waals surface area contributed by atoms with E-state index < -0.39 is 6.23 Å². The second-order valence-electron chi connectivity index (χ2n) is 3.75. The van der Waals surface area contributed by atoms with Crippen molar-refractivity contribution in [3.8, 4) is 5.75 Å². The van der Waals surface area contributed by atoms with E-state index in [0.29, 0.717) is 0 Å². The molecule has 2 rings (SSSR count). The maximum atomic E-state index is 9.83. The summed E-state index contributed by atoms with van der Waals surface area (Å²) >= 11 is 0. The van der Waals surface area contributed by atoms with Crippen molar-refractivity contribution in [1.29, 1.82) is 0 Å². The van der Waals surface area contributed by atoms with Crippen LogP contribution in [0.4, 0.5) is 5.69 Å². The van der Waals surface area contributed by atoms with Gasteiger partial charge in [-0.3, -0.25) is 0 Å². The minimum absolute atomic E-state index is 0.600. The van der Waals surface area contributed by atoms with E-state index in [0.717, 1.165) is 17.0 Å². The summed E-state index contributed by atoms with van der Waals surface area (Å²) in [5.41, 5.74) is 2.05. The standard InChI is InChI=1S/C13H15NO2/c1-10-3-8-13(15)14(9-10)11-4-6-12(16-2)7-5-11/h3-9,13,15H,1-2H3. The van der Waals surface area contributed by atoms with Gasteiger partial charge in [-0.25, -0.2) is 0 Å². The van der Waals surface area contributed by atoms with Crippen molar-refractivity contribution in [3.05, 3.63) is 48.2 Å². The van der Waals surface area contributed by atoms with Gasteiger partial charge in [0.1, 0.15) is 12.0 Å². The van der Waals surface area contributed by atoms with Crippen LogP contribution in [0.15, 0.2) is 48.2 Å². The number of aliphatic hydroxyl groups is 1. The molecule has 0 radical (unpaired) electrons. The van der Waals surface area contributed by atoms with Gasteiger partial charge in [0, 0.05) is 11.9 Å². The predicted molar refractivity (Wildman–Crippen MR) is 64.4 cm³/mol. The molecule has 16 heavy (non-hydrogen) atoms. The number of anilines is 1. The van der Waals surface area contributed by atoms with Crippen molar-refractivity contribution in [3.63, 3.8) is 0 Å². The molecule has 1 atom stereocenters. The van der Waals surface area contributed by atoms with Gasteiger partial charge in [0.15, 0.2) is 0 Å². The lowest BCUT2D eigenvalue weighted by Crippen LogP contribution is -2.30. The van der Waals surface area contributed by atoms with Crippen LogP contribution in [0.25, 0.3) is 0 Å². The Morgan fingerprint density at radius 2 is 1.94 bits per heavy atom. The molecule has 0 aromatic heterocycles. The molecule has 0 saturated heterocycles. The number of methoxy groups -OCH3 is 1. The van der Waals surface area contributed by atoms with Gasteiger partial charge in [0.25, 0.3) is 0 Å². The van der Waals surface area contributed by atoms with Crippen LogP contribution < -0.4 is 9.64 Å². The second-order valence-corrected chi connectivity index (χ2v) is 3.75. The van der Waals surface area contributed by atoms with Crippen LogP contribution in [0, 0.1) is 0 Å². The Balaban J connectivity index is 2.26. The quantitative estimate of drug-likeness (QED) is 0.825. The third kappa shape index (κ3) is 2.09. The lowest BCUT2D eigenvalue weighted by atomic mass is 10.2. The van der Waals surface area contributed by atoms with Gasteiger partial charge in [-0.2, -0.15) is 0 Å². The number of allylic oxidation sites excluding steroid dienone is 2. The number of ether oxygens (including phenoxy) is 1. The average molecular weight is 217 g/mol. The molecule has 1 aliphatic heterocycles. The van der Waals surface area contributed by atoms with Crippen LogP contribution >= 0.6 is 0 Å². The van der Waals surface area contributed by atoms with Gasteiger partial charge >= 0.3 is 0 Å². The van der Waals surface area contributed by atoms with Gasteiger partial charge in [-0.15, -0.1) is 0 Å². The van der Waals surface area contributed by atoms with E-state index in [1.165, 1.54) is 0 Å². The Labute approximate surface area is 95.3 Å². The summed E-state index contributed by atoms with van der Waals surface area (Å²) in [4.78, 5) is 1.81. The first-order valence-electron chi connectivity index (χ1n) is 5.18. The summed E-state index contributed by atoms with van der Waals surface area (Å²) in [6, 6.07) is 7.60. The predicted octanol–water partition coefficient (Wildman–Crippen LogP) is 2.29. The van der Waals surface area contributed by atoms with Crippen molar-refractivity contribution in [2.24, 2.45) is 0 Å². The summed E-state index contributed by atoms with van der Waals surface area (Å²) in [5, 5.41) is 9.83. The first-order valence-corrected chi connectivity index (χ1v) is 5.18. The smallest absolute Gasteiger partial charge is 0.150 e. The molecule has 3 nitrogen and oxygen atoms in total. The van der Waals surface area contributed by atoms with E-state index >= 15 is 0 Å². The monoisotopic (exact) mass is 217 g/mol. The van der Waals surface area contributed by atoms with Crippen LogP contribution in [0.1, 0.15) is 6.92 Å². The third-order valence-corrected chi connectivity index (χ3v) is 2.53. The van der Waals surface area contributed by atoms with E-state index in [-0.39, 0.29) is 0 Å². The molecule has 1 aromatic rings. The Morgan fingerprint density at radius 1 is 1.25 bits per heavy atom. The lowest BCUT2D eigenvalue weighted by Gasteiger charge is -2.27. The largest absolute Gasteiger partial charge is 0.497 e. The summed E-state index contributed by atoms with van der Waals surface area (Å²) in [6.45, 7) is 2.00. The van der Waals surface area contributed by atoms with Crippen LogP contribution in [-0.2, 0) is 0 Å². The topological polar surface area (TPSA) is 32.7 Å². The minimum atomic E-state index is -0.600. The highest BCUT2D eigenvalue weighted by Crippen LogP contribution is 2.24. The van der Waals surface area contributed by atoms with Crippen molar-refractivity contribution >= 4 is 5.69 Å². The fourth-order valence-corrected chi connectivity index (χ4v) is 1.65. The number of aliphatic hydroxyl groups excluding tert-OH is 1. The van der Waals surface area contributed by atoms with E-state index in [4.69, 9.17) is 4.74 Å². The molecule has 0 aliphatic carbocycles. The molecule has 1 aliphatic rings. The van der Waals surface area contributed by atoms with Crippen molar-refractivity contribution in [2.75, 3.05) is 12.0 Å². The Hall–Kier alpha value is -1.74. The Morgan fingerprint density at radius 3 is 2.56 bits per heavy atom. The van der Waals surface area contributed by atoms with Gasteiger partial charge in [-0.05, 0) is 42.8 Å². The summed E-state index contributed by atoms with van der Waals surface area (Å²) in [6.07, 6.45) is 4.99. The maximum absolute atomic E-state index is 9.83. The van der Waals surface area contributed by atoms with Crippen molar-refractivity contribution in [2.45, 2.75) is 13.2 Å². The summed E-state index contributed by atoms with van der Waals surface area (Å²) in [5.74, 6) is 0.812. The molecule has 1 heterocycles. The molecule has 0 spiro atoms. The molecule has 1 aromatic carbocycles. The normalized spacial score (nSPS) is 19.6. The molecule has 0 bridgehead atoms. The third-order valence-electron chi connectivity index (χ3n) is 2.53. The molecule has 84 valence electrons. The fraction of sp³-hybridized carbons (Fsp3) is 0.231. The molecule has 1 N–H and O–H groups in total. The Bertz CT molecular complexity index is 420. The van der Waals surface area contributed by atoms with E-state index in [2.05, 4.69) is 0 Å². The highest BCUT2D eigenvalue weighted by atomic mass is 16.5. The number of nitrogens with zero attached hydrogens (tertiary/aromatic N) is 1. The molecule has 0 amide bonds. The van der Waals surface area contributed by atoms with Crippen LogP contribution in [0.5, 0.6) is 5.75 Å². The second kappa shape index (κ2) is 4.41.